The number of rotatable bonds is 8. The Morgan fingerprint density at radius 2 is 1.77 bits per heavy atom. The van der Waals surface area contributed by atoms with Crippen LogP contribution in [0.2, 0.25) is 5.02 Å². The van der Waals surface area contributed by atoms with Crippen molar-refractivity contribution in [2.75, 3.05) is 0 Å². The van der Waals surface area contributed by atoms with E-state index in [0.717, 1.165) is 0 Å². The number of aromatic nitrogens is 1. The van der Waals surface area contributed by atoms with E-state index in [0.29, 0.717) is 12.3 Å². The molecule has 2 atom stereocenters. The molecule has 7 nitrogen and oxygen atoms in total. The van der Waals surface area contributed by atoms with Crippen LogP contribution < -0.4 is 9.47 Å². The fraction of sp³-hybridized carbons (Fsp3) is 0.316. The average molecular weight is 448 g/mol. The van der Waals surface area contributed by atoms with Crippen LogP contribution >= 0.6 is 11.6 Å². The molecule has 11 heteroatoms. The third kappa shape index (κ3) is 6.89. The molecule has 0 aliphatic carbocycles. The lowest BCUT2D eigenvalue weighted by atomic mass is 10.2. The highest BCUT2D eigenvalue weighted by Crippen LogP contribution is 2.34. The van der Waals surface area contributed by atoms with Crippen LogP contribution in [-0.2, 0) is 20.5 Å². The third-order valence-corrected chi connectivity index (χ3v) is 3.83. The summed E-state index contributed by atoms with van der Waals surface area (Å²) in [6.07, 6.45) is -6.82. The highest BCUT2D eigenvalue weighted by atomic mass is 35.5. The molecule has 0 radical (unpaired) electrons. The highest BCUT2D eigenvalue weighted by molar-refractivity contribution is 6.31. The van der Waals surface area contributed by atoms with Gasteiger partial charge in [-0.05, 0) is 44.2 Å². The Bertz CT molecular complexity index is 902. The van der Waals surface area contributed by atoms with E-state index in [2.05, 4.69) is 9.72 Å². The Morgan fingerprint density at radius 3 is 2.30 bits per heavy atom. The van der Waals surface area contributed by atoms with Crippen molar-refractivity contribution in [2.24, 2.45) is 0 Å². The molecule has 1 aromatic carbocycles. The van der Waals surface area contributed by atoms with Crippen LogP contribution in [0.25, 0.3) is 0 Å². The zero-order chi connectivity index (χ0) is 22.5. The fourth-order valence-corrected chi connectivity index (χ4v) is 2.35. The molecule has 0 bridgehead atoms. The Labute approximate surface area is 174 Å². The van der Waals surface area contributed by atoms with E-state index in [1.807, 2.05) is 0 Å². The second-order valence-corrected chi connectivity index (χ2v) is 6.48. The number of aliphatic hydroxyl groups is 1. The van der Waals surface area contributed by atoms with Crippen LogP contribution in [0.1, 0.15) is 25.8 Å². The molecule has 0 saturated carbocycles. The monoisotopic (exact) mass is 447 g/mol. The molecule has 0 saturated heterocycles. The zero-order valence-corrected chi connectivity index (χ0v) is 16.5. The molecule has 0 fully saturated rings. The van der Waals surface area contributed by atoms with Gasteiger partial charge < -0.3 is 19.3 Å². The number of ketones is 1. The number of nitrogens with zero attached hydrogens (tertiary/aromatic N) is 1. The van der Waals surface area contributed by atoms with E-state index in [9.17, 15) is 22.8 Å². The van der Waals surface area contributed by atoms with E-state index in [1.54, 1.807) is 0 Å². The maximum absolute atomic E-state index is 12.6. The first-order chi connectivity index (χ1) is 14.0. The Kier molecular flexibility index (Phi) is 7.63. The van der Waals surface area contributed by atoms with Crippen LogP contribution in [-0.4, -0.2) is 34.2 Å². The first kappa shape index (κ1) is 23.4. The van der Waals surface area contributed by atoms with Gasteiger partial charge in [0.2, 0.25) is 5.88 Å². The summed E-state index contributed by atoms with van der Waals surface area (Å²) in [7, 11) is 0. The number of hydrogen-bond acceptors (Lipinski definition) is 7. The molecule has 2 rings (SSSR count). The summed E-state index contributed by atoms with van der Waals surface area (Å²) >= 11 is 5.79. The van der Waals surface area contributed by atoms with Gasteiger partial charge in [0.1, 0.15) is 22.9 Å². The van der Waals surface area contributed by atoms with Crippen LogP contribution in [0.3, 0.4) is 0 Å². The molecule has 0 spiro atoms. The molecular weight excluding hydrogens is 431 g/mol. The van der Waals surface area contributed by atoms with Gasteiger partial charge in [-0.3, -0.25) is 9.59 Å². The van der Waals surface area contributed by atoms with Crippen LogP contribution in [0, 0.1) is 0 Å². The SMILES string of the molecule is CC(O)OC(=O)CC(=O)C(C)Oc1ccc(Oc2ncc(C(F)(F)F)cc2Cl)cc1. The molecule has 30 heavy (non-hydrogen) atoms. The molecule has 1 heterocycles. The largest absolute Gasteiger partial charge is 0.483 e. The average Bonchev–Trinajstić information content (AvgIpc) is 2.63. The van der Waals surface area contributed by atoms with E-state index >= 15 is 0 Å². The Hall–Kier alpha value is -2.85. The summed E-state index contributed by atoms with van der Waals surface area (Å²) in [5.74, 6) is -1.15. The minimum absolute atomic E-state index is 0.210. The number of Topliss-reactive ketones (excluding diaryl/α,β-unsaturated/α-hetero) is 1. The van der Waals surface area contributed by atoms with Gasteiger partial charge in [0.15, 0.2) is 18.2 Å². The minimum atomic E-state index is -4.57. The van der Waals surface area contributed by atoms with Gasteiger partial charge in [-0.2, -0.15) is 13.2 Å². The second-order valence-electron chi connectivity index (χ2n) is 6.07. The number of aliphatic hydroxyl groups excluding tert-OH is 1. The first-order valence-corrected chi connectivity index (χ1v) is 8.91. The molecule has 0 aliphatic rings. The number of pyridine rings is 1. The summed E-state index contributed by atoms with van der Waals surface area (Å²) in [5, 5.41) is 8.64. The summed E-state index contributed by atoms with van der Waals surface area (Å²) in [6.45, 7) is 2.67. The predicted octanol–water partition coefficient (Wildman–Crippen LogP) is 4.15. The number of esters is 1. The van der Waals surface area contributed by atoms with Crippen LogP contribution in [0.15, 0.2) is 36.5 Å². The second kappa shape index (κ2) is 9.77. The predicted molar refractivity (Wildman–Crippen MR) is 98.3 cm³/mol. The first-order valence-electron chi connectivity index (χ1n) is 8.53. The molecule has 2 aromatic rings. The topological polar surface area (TPSA) is 95.0 Å². The van der Waals surface area contributed by atoms with Gasteiger partial charge in [-0.15, -0.1) is 0 Å². The van der Waals surface area contributed by atoms with E-state index in [1.165, 1.54) is 38.1 Å². The van der Waals surface area contributed by atoms with Gasteiger partial charge >= 0.3 is 12.1 Å². The lowest BCUT2D eigenvalue weighted by molar-refractivity contribution is -0.166. The van der Waals surface area contributed by atoms with E-state index in [-0.39, 0.29) is 22.4 Å². The minimum Gasteiger partial charge on any atom is -0.483 e. The highest BCUT2D eigenvalue weighted by Gasteiger charge is 2.31. The lowest BCUT2D eigenvalue weighted by Crippen LogP contribution is -2.27. The quantitative estimate of drug-likeness (QED) is 0.369. The molecule has 1 N–H and O–H groups in total. The van der Waals surface area contributed by atoms with Crippen molar-refractivity contribution >= 4 is 23.4 Å². The lowest BCUT2D eigenvalue weighted by Gasteiger charge is -2.14. The number of carbonyl (C=O) groups is 2. The van der Waals surface area contributed by atoms with Crippen molar-refractivity contribution in [3.8, 4) is 17.4 Å². The van der Waals surface area contributed by atoms with E-state index < -0.39 is 42.3 Å². The maximum atomic E-state index is 12.6. The summed E-state index contributed by atoms with van der Waals surface area (Å²) in [6, 6.07) is 6.47. The van der Waals surface area contributed by atoms with Gasteiger partial charge in [-0.25, -0.2) is 4.98 Å². The smallest absolute Gasteiger partial charge is 0.417 e. The summed E-state index contributed by atoms with van der Waals surface area (Å²) < 4.78 is 53.2. The molecule has 2 unspecified atom stereocenters. The summed E-state index contributed by atoms with van der Waals surface area (Å²) in [4.78, 5) is 26.9. The number of halogens is 4. The van der Waals surface area contributed by atoms with Gasteiger partial charge in [0.05, 0.1) is 5.56 Å². The molecule has 1 aromatic heterocycles. The van der Waals surface area contributed by atoms with Gasteiger partial charge in [0.25, 0.3) is 0 Å². The van der Waals surface area contributed by atoms with Crippen LogP contribution in [0.4, 0.5) is 13.2 Å². The van der Waals surface area contributed by atoms with Crippen molar-refractivity contribution in [2.45, 2.75) is 38.8 Å². The Morgan fingerprint density at radius 1 is 1.17 bits per heavy atom. The van der Waals surface area contributed by atoms with Gasteiger partial charge in [0, 0.05) is 6.20 Å². The number of ether oxygens (including phenoxy) is 3. The standard InChI is InChI=1S/C19H17ClF3NO6/c1-10(16(26)8-17(27)29-11(2)25)28-13-3-5-14(6-4-13)30-18-15(20)7-12(9-24-18)19(21,22)23/h3-7,9-11,25H,8H2,1-2H3. The number of benzene rings is 1. The molecule has 0 amide bonds. The van der Waals surface area contributed by atoms with Crippen molar-refractivity contribution in [1.82, 2.24) is 4.98 Å². The van der Waals surface area contributed by atoms with Crippen molar-refractivity contribution in [1.29, 1.82) is 0 Å². The number of hydrogen-bond donors (Lipinski definition) is 1. The van der Waals surface area contributed by atoms with Crippen molar-refractivity contribution < 1.29 is 42.1 Å². The Balaban J connectivity index is 1.97. The fourth-order valence-electron chi connectivity index (χ4n) is 2.14. The molecular formula is C19H17ClF3NO6. The summed E-state index contributed by atoms with van der Waals surface area (Å²) in [5.41, 5.74) is -1.00. The van der Waals surface area contributed by atoms with E-state index in [4.69, 9.17) is 26.2 Å². The number of carbonyl (C=O) groups excluding carboxylic acids is 2. The molecule has 162 valence electrons. The maximum Gasteiger partial charge on any atom is 0.417 e. The van der Waals surface area contributed by atoms with Crippen molar-refractivity contribution in [3.05, 3.63) is 47.1 Å². The van der Waals surface area contributed by atoms with Crippen molar-refractivity contribution in [3.63, 3.8) is 0 Å². The number of alkyl halides is 3. The zero-order valence-electron chi connectivity index (χ0n) is 15.8. The molecule has 0 aliphatic heterocycles. The van der Waals surface area contributed by atoms with Crippen LogP contribution in [0.5, 0.6) is 17.4 Å². The normalized spacial score (nSPS) is 13.3. The third-order valence-electron chi connectivity index (χ3n) is 3.56. The van der Waals surface area contributed by atoms with Gasteiger partial charge in [-0.1, -0.05) is 11.6 Å².